The number of hydrogen-bond acceptors (Lipinski definition) is 5. The Morgan fingerprint density at radius 3 is 0.984 bits per heavy atom. The molecule has 0 fully saturated rings. The van der Waals surface area contributed by atoms with Crippen molar-refractivity contribution in [1.29, 1.82) is 0 Å². The fourth-order valence-corrected chi connectivity index (χ4v) is 8.58. The molecule has 0 radical (unpaired) electrons. The molecule has 0 saturated carbocycles. The largest absolute Gasteiger partial charge is 0.394 e. The van der Waals surface area contributed by atoms with E-state index in [4.69, 9.17) is 0 Å². The van der Waals surface area contributed by atoms with E-state index in [-0.39, 0.29) is 0 Å². The lowest BCUT2D eigenvalue weighted by Gasteiger charge is -2.27. The van der Waals surface area contributed by atoms with Gasteiger partial charge in [-0.1, -0.05) is 250 Å². The van der Waals surface area contributed by atoms with Crippen LogP contribution in [-0.4, -0.2) is 57.3 Å². The van der Waals surface area contributed by atoms with Gasteiger partial charge in [0.25, 0.3) is 0 Å². The van der Waals surface area contributed by atoms with Gasteiger partial charge in [-0.15, -0.1) is 0 Å². The topological polar surface area (TPSA) is 110 Å². The van der Waals surface area contributed by atoms with Crippen LogP contribution in [0.1, 0.15) is 290 Å². The van der Waals surface area contributed by atoms with Crippen LogP contribution in [0.5, 0.6) is 0 Å². The van der Waals surface area contributed by atoms with Crippen LogP contribution in [-0.2, 0) is 4.79 Å². The van der Waals surface area contributed by atoms with E-state index in [2.05, 4.69) is 43.5 Å². The summed E-state index contributed by atoms with van der Waals surface area (Å²) in [5.41, 5.74) is 0. The van der Waals surface area contributed by atoms with Crippen LogP contribution >= 0.6 is 0 Å². The zero-order valence-corrected chi connectivity index (χ0v) is 40.9. The van der Waals surface area contributed by atoms with Crippen molar-refractivity contribution in [1.82, 2.24) is 5.32 Å². The number of carbonyl (C=O) groups is 1. The van der Waals surface area contributed by atoms with Crippen molar-refractivity contribution >= 4 is 5.91 Å². The summed E-state index contributed by atoms with van der Waals surface area (Å²) in [4.78, 5) is 12.6. The van der Waals surface area contributed by atoms with Crippen molar-refractivity contribution in [3.63, 3.8) is 0 Å². The number of aliphatic hydroxyl groups excluding tert-OH is 4. The standard InChI is InChI=1S/C55H107NO5/c1-3-5-7-9-11-13-15-17-19-21-23-24-25-26-27-28-29-31-33-35-37-39-41-43-45-47-49-53(59)55(61)56-51(50-57)54(60)52(58)48-46-44-42-40-38-36-34-32-30-22-20-18-16-14-12-10-8-6-4-2/h26-27,40,42,51-54,57-60H,3-25,28-39,41,43-50H2,1-2H3,(H,56,61)/b27-26-,42-40+. The van der Waals surface area contributed by atoms with Gasteiger partial charge in [0.1, 0.15) is 12.2 Å². The van der Waals surface area contributed by atoms with Crippen molar-refractivity contribution in [2.75, 3.05) is 6.61 Å². The highest BCUT2D eigenvalue weighted by Crippen LogP contribution is 2.17. The fraction of sp³-hybridized carbons (Fsp3) is 0.909. The minimum absolute atomic E-state index is 0.363. The van der Waals surface area contributed by atoms with Crippen LogP contribution in [0.15, 0.2) is 24.3 Å². The van der Waals surface area contributed by atoms with Gasteiger partial charge in [0, 0.05) is 0 Å². The maximum Gasteiger partial charge on any atom is 0.249 e. The van der Waals surface area contributed by atoms with Crippen molar-refractivity contribution in [2.24, 2.45) is 0 Å². The van der Waals surface area contributed by atoms with E-state index in [0.717, 1.165) is 38.5 Å². The van der Waals surface area contributed by atoms with Gasteiger partial charge in [0.15, 0.2) is 0 Å². The molecule has 0 bridgehead atoms. The molecule has 0 aliphatic carbocycles. The Morgan fingerprint density at radius 1 is 0.393 bits per heavy atom. The number of rotatable bonds is 50. The number of aliphatic hydroxyl groups is 4. The zero-order valence-electron chi connectivity index (χ0n) is 40.9. The molecule has 0 aromatic carbocycles. The summed E-state index contributed by atoms with van der Waals surface area (Å²) < 4.78 is 0. The molecule has 61 heavy (non-hydrogen) atoms. The smallest absolute Gasteiger partial charge is 0.249 e. The monoisotopic (exact) mass is 862 g/mol. The van der Waals surface area contributed by atoms with Gasteiger partial charge in [-0.05, 0) is 64.2 Å². The van der Waals surface area contributed by atoms with Gasteiger partial charge in [0.2, 0.25) is 5.91 Å². The maximum atomic E-state index is 12.6. The Balaban J connectivity index is 3.66. The quantitative estimate of drug-likeness (QED) is 0.0309. The fourth-order valence-electron chi connectivity index (χ4n) is 8.58. The Bertz CT molecular complexity index is 924. The molecule has 0 aliphatic rings. The molecule has 0 heterocycles. The lowest BCUT2D eigenvalue weighted by atomic mass is 10.00. The second-order valence-electron chi connectivity index (χ2n) is 18.9. The number of unbranched alkanes of at least 4 members (excludes halogenated alkanes) is 37. The average molecular weight is 862 g/mol. The van der Waals surface area contributed by atoms with Crippen LogP contribution in [0.3, 0.4) is 0 Å². The lowest BCUT2D eigenvalue weighted by Crippen LogP contribution is -2.53. The number of carbonyl (C=O) groups excluding carboxylic acids is 1. The van der Waals surface area contributed by atoms with E-state index < -0.39 is 36.9 Å². The van der Waals surface area contributed by atoms with E-state index in [9.17, 15) is 25.2 Å². The molecular weight excluding hydrogens is 755 g/mol. The second kappa shape index (κ2) is 49.8. The molecule has 0 rings (SSSR count). The first-order valence-corrected chi connectivity index (χ1v) is 27.2. The molecule has 6 heteroatoms. The summed E-state index contributed by atoms with van der Waals surface area (Å²) >= 11 is 0. The Labute approximate surface area is 380 Å². The molecule has 0 aromatic heterocycles. The second-order valence-corrected chi connectivity index (χ2v) is 18.9. The minimum Gasteiger partial charge on any atom is -0.394 e. The van der Waals surface area contributed by atoms with Gasteiger partial charge in [-0.2, -0.15) is 0 Å². The zero-order chi connectivity index (χ0) is 44.5. The summed E-state index contributed by atoms with van der Waals surface area (Å²) in [6.45, 7) is 4.07. The van der Waals surface area contributed by atoms with Gasteiger partial charge in [-0.25, -0.2) is 0 Å². The summed E-state index contributed by atoms with van der Waals surface area (Å²) in [7, 11) is 0. The van der Waals surface area contributed by atoms with Gasteiger partial charge >= 0.3 is 0 Å². The third kappa shape index (κ3) is 43.8. The molecule has 0 saturated heterocycles. The highest BCUT2D eigenvalue weighted by atomic mass is 16.3. The first kappa shape index (κ1) is 59.8. The molecule has 4 atom stereocenters. The van der Waals surface area contributed by atoms with Crippen molar-refractivity contribution in [3.8, 4) is 0 Å². The van der Waals surface area contributed by atoms with Crippen LogP contribution in [0.25, 0.3) is 0 Å². The van der Waals surface area contributed by atoms with Gasteiger partial charge in [0.05, 0.1) is 18.8 Å². The number of allylic oxidation sites excluding steroid dienone is 4. The van der Waals surface area contributed by atoms with E-state index in [1.807, 2.05) is 0 Å². The molecular formula is C55H107NO5. The molecule has 0 aliphatic heterocycles. The van der Waals surface area contributed by atoms with Gasteiger partial charge in [-0.3, -0.25) is 4.79 Å². The van der Waals surface area contributed by atoms with E-state index in [0.29, 0.717) is 12.8 Å². The van der Waals surface area contributed by atoms with Crippen LogP contribution in [0.4, 0.5) is 0 Å². The van der Waals surface area contributed by atoms with Crippen LogP contribution in [0, 0.1) is 0 Å². The summed E-state index contributed by atoms with van der Waals surface area (Å²) in [5, 5.41) is 43.9. The minimum atomic E-state index is -1.28. The molecule has 5 N–H and O–H groups in total. The third-order valence-electron chi connectivity index (χ3n) is 12.9. The van der Waals surface area contributed by atoms with Crippen LogP contribution in [0.2, 0.25) is 0 Å². The summed E-state index contributed by atoms with van der Waals surface area (Å²) in [6.07, 6.45) is 59.5. The molecule has 0 spiro atoms. The Hall–Kier alpha value is -1.21. The molecule has 362 valence electrons. The molecule has 1 amide bonds. The van der Waals surface area contributed by atoms with Crippen molar-refractivity contribution in [2.45, 2.75) is 314 Å². The summed E-state index contributed by atoms with van der Waals surface area (Å²) in [6, 6.07) is -1.00. The first-order chi connectivity index (χ1) is 30.0. The molecule has 6 nitrogen and oxygen atoms in total. The van der Waals surface area contributed by atoms with E-state index in [1.54, 1.807) is 0 Å². The van der Waals surface area contributed by atoms with Crippen molar-refractivity contribution < 1.29 is 25.2 Å². The highest BCUT2D eigenvalue weighted by molar-refractivity contribution is 5.80. The molecule has 0 aromatic rings. The maximum absolute atomic E-state index is 12.6. The highest BCUT2D eigenvalue weighted by Gasteiger charge is 2.28. The third-order valence-corrected chi connectivity index (χ3v) is 12.9. The van der Waals surface area contributed by atoms with E-state index in [1.165, 1.54) is 225 Å². The number of nitrogens with one attached hydrogen (secondary N) is 1. The Morgan fingerprint density at radius 2 is 0.672 bits per heavy atom. The Kier molecular flexibility index (Phi) is 48.8. The lowest BCUT2D eigenvalue weighted by molar-refractivity contribution is -0.132. The van der Waals surface area contributed by atoms with Crippen molar-refractivity contribution in [3.05, 3.63) is 24.3 Å². The van der Waals surface area contributed by atoms with E-state index >= 15 is 0 Å². The molecule has 4 unspecified atom stereocenters. The average Bonchev–Trinajstić information content (AvgIpc) is 3.26. The first-order valence-electron chi connectivity index (χ1n) is 27.2. The SMILES string of the molecule is CCCCCCCCCCCCCC/C=C\CCCCCCCCCCCCC(O)C(=O)NC(CO)C(O)C(O)CCC/C=C/CCCCCCCCCCCCCCCC. The predicted molar refractivity (Wildman–Crippen MR) is 265 cm³/mol. The predicted octanol–water partition coefficient (Wildman–Crippen LogP) is 15.5. The van der Waals surface area contributed by atoms with Gasteiger partial charge < -0.3 is 25.7 Å². The number of hydrogen-bond donors (Lipinski definition) is 5. The number of amides is 1. The summed E-state index contributed by atoms with van der Waals surface area (Å²) in [5.74, 6) is -0.591. The normalized spacial score (nSPS) is 14.0. The van der Waals surface area contributed by atoms with Crippen LogP contribution < -0.4 is 5.32 Å².